The van der Waals surface area contributed by atoms with Gasteiger partial charge in [0.1, 0.15) is 6.10 Å². The maximum absolute atomic E-state index is 6.27. The van der Waals surface area contributed by atoms with Crippen LogP contribution in [0.3, 0.4) is 0 Å². The number of hydrogen-bond donors (Lipinski definition) is 0. The van der Waals surface area contributed by atoms with Gasteiger partial charge < -0.3 is 9.64 Å². The van der Waals surface area contributed by atoms with Crippen molar-refractivity contribution in [1.29, 1.82) is 0 Å². The number of piperidine rings is 1. The zero-order chi connectivity index (χ0) is 21.9. The first-order valence-electron chi connectivity index (χ1n) is 11.0. The maximum atomic E-state index is 6.27. The van der Waals surface area contributed by atoms with Crippen LogP contribution in [0.15, 0.2) is 59.8 Å². The van der Waals surface area contributed by atoms with Gasteiger partial charge in [0, 0.05) is 43.2 Å². The third-order valence-electron chi connectivity index (χ3n) is 5.88. The lowest BCUT2D eigenvalue weighted by Crippen LogP contribution is -2.39. The lowest BCUT2D eigenvalue weighted by molar-refractivity contribution is 0.170. The maximum Gasteiger partial charge on any atom is 0.274 e. The molecule has 32 heavy (non-hydrogen) atoms. The summed E-state index contributed by atoms with van der Waals surface area (Å²) >= 11 is 3.39. The monoisotopic (exact) mass is 462 g/mol. The van der Waals surface area contributed by atoms with E-state index in [0.29, 0.717) is 0 Å². The number of hydrogen-bond acceptors (Lipinski definition) is 7. The van der Waals surface area contributed by atoms with E-state index in [2.05, 4.69) is 70.5 Å². The molecule has 0 radical (unpaired) electrons. The first-order chi connectivity index (χ1) is 15.7. The molecular weight excluding hydrogens is 436 g/mol. The first-order valence-corrected chi connectivity index (χ1v) is 13.0. The number of ether oxygens (including phenoxy) is 1. The number of aryl methyl sites for hydroxylation is 1. The highest BCUT2D eigenvalue weighted by Crippen LogP contribution is 2.33. The Morgan fingerprint density at radius 3 is 2.44 bits per heavy atom. The molecule has 5 nitrogen and oxygen atoms in total. The fourth-order valence-electron chi connectivity index (χ4n) is 3.93. The van der Waals surface area contributed by atoms with Gasteiger partial charge in [0.2, 0.25) is 5.95 Å². The van der Waals surface area contributed by atoms with Crippen LogP contribution in [0.5, 0.6) is 5.19 Å². The Morgan fingerprint density at radius 1 is 1.03 bits per heavy atom. The predicted molar refractivity (Wildman–Crippen MR) is 134 cm³/mol. The van der Waals surface area contributed by atoms with Gasteiger partial charge in [0.15, 0.2) is 0 Å². The summed E-state index contributed by atoms with van der Waals surface area (Å²) in [6, 6.07) is 15.1. The van der Waals surface area contributed by atoms with E-state index in [4.69, 9.17) is 9.72 Å². The Morgan fingerprint density at radius 2 is 1.75 bits per heavy atom. The Bertz CT molecular complexity index is 1180. The van der Waals surface area contributed by atoms with Gasteiger partial charge in [0.05, 0.1) is 10.2 Å². The largest absolute Gasteiger partial charge is 0.467 e. The Hall–Kier alpha value is -2.64. The number of thioether (sulfide) groups is 1. The molecular formula is C25H26N4OS2. The zero-order valence-electron chi connectivity index (χ0n) is 18.3. The molecule has 0 spiro atoms. The number of aromatic nitrogens is 3. The van der Waals surface area contributed by atoms with Gasteiger partial charge in [0.25, 0.3) is 5.19 Å². The van der Waals surface area contributed by atoms with Crippen molar-refractivity contribution < 1.29 is 4.74 Å². The second kappa shape index (κ2) is 9.46. The van der Waals surface area contributed by atoms with Gasteiger partial charge in [-0.1, -0.05) is 36.5 Å². The van der Waals surface area contributed by atoms with Gasteiger partial charge in [-0.3, -0.25) is 0 Å². The van der Waals surface area contributed by atoms with Crippen molar-refractivity contribution in [2.45, 2.75) is 37.2 Å². The number of nitrogens with zero attached hydrogens (tertiary/aromatic N) is 4. The van der Waals surface area contributed by atoms with Gasteiger partial charge in [-0.2, -0.15) is 0 Å². The molecule has 3 heterocycles. The summed E-state index contributed by atoms with van der Waals surface area (Å²) < 4.78 is 7.43. The molecule has 164 valence electrons. The van der Waals surface area contributed by atoms with Crippen LogP contribution in [0.2, 0.25) is 0 Å². The number of anilines is 1. The van der Waals surface area contributed by atoms with Crippen LogP contribution in [-0.2, 0) is 6.42 Å². The van der Waals surface area contributed by atoms with E-state index >= 15 is 0 Å². The molecule has 0 saturated carbocycles. The highest BCUT2D eigenvalue weighted by atomic mass is 32.2. The molecule has 5 rings (SSSR count). The molecule has 1 fully saturated rings. The fourth-order valence-corrected chi connectivity index (χ4v) is 5.26. The molecule has 0 amide bonds. The van der Waals surface area contributed by atoms with Crippen molar-refractivity contribution in [2.75, 3.05) is 24.2 Å². The van der Waals surface area contributed by atoms with Crippen molar-refractivity contribution in [2.24, 2.45) is 0 Å². The van der Waals surface area contributed by atoms with Crippen molar-refractivity contribution in [3.05, 3.63) is 60.4 Å². The summed E-state index contributed by atoms with van der Waals surface area (Å²) in [6.45, 7) is 3.92. The van der Waals surface area contributed by atoms with E-state index in [-0.39, 0.29) is 6.10 Å². The molecule has 0 unspecified atom stereocenters. The smallest absolute Gasteiger partial charge is 0.274 e. The lowest BCUT2D eigenvalue weighted by Gasteiger charge is -2.31. The first kappa shape index (κ1) is 21.2. The minimum atomic E-state index is 0.181. The highest BCUT2D eigenvalue weighted by Gasteiger charge is 2.23. The highest BCUT2D eigenvalue weighted by molar-refractivity contribution is 7.98. The van der Waals surface area contributed by atoms with Crippen LogP contribution >= 0.6 is 23.1 Å². The molecule has 0 N–H and O–H groups in total. The van der Waals surface area contributed by atoms with Gasteiger partial charge in [-0.15, -0.1) is 11.8 Å². The van der Waals surface area contributed by atoms with Gasteiger partial charge >= 0.3 is 0 Å². The van der Waals surface area contributed by atoms with E-state index < -0.39 is 0 Å². The summed E-state index contributed by atoms with van der Waals surface area (Å²) in [5, 5.41) is 0.761. The molecule has 0 aliphatic carbocycles. The van der Waals surface area contributed by atoms with Crippen LogP contribution in [0.1, 0.15) is 25.3 Å². The molecule has 1 saturated heterocycles. The minimum Gasteiger partial charge on any atom is -0.467 e. The fraction of sp³-hybridized carbons (Fsp3) is 0.320. The summed E-state index contributed by atoms with van der Waals surface area (Å²) in [6.07, 6.45) is 8.99. The topological polar surface area (TPSA) is 51.1 Å². The van der Waals surface area contributed by atoms with Crippen LogP contribution in [0.25, 0.3) is 21.3 Å². The molecule has 1 aliphatic heterocycles. The zero-order valence-corrected chi connectivity index (χ0v) is 20.0. The Labute approximate surface area is 196 Å². The van der Waals surface area contributed by atoms with E-state index in [9.17, 15) is 0 Å². The Kier molecular flexibility index (Phi) is 6.28. The SMILES string of the molecule is CCc1cnc(N2CCC(Oc3nc4ccc(-c5ccc(SC)cc5)cc4s3)CC2)nc1. The number of fused-ring (bicyclic) bond motifs is 1. The normalized spacial score (nSPS) is 14.8. The third-order valence-corrected chi connectivity index (χ3v) is 7.54. The Balaban J connectivity index is 1.23. The molecule has 4 aromatic rings. The average molecular weight is 463 g/mol. The average Bonchev–Trinajstić information content (AvgIpc) is 3.26. The molecule has 7 heteroatoms. The third kappa shape index (κ3) is 4.59. The minimum absolute atomic E-state index is 0.181. The summed E-state index contributed by atoms with van der Waals surface area (Å²) in [5.74, 6) is 0.818. The van der Waals surface area contributed by atoms with E-state index in [1.165, 1.54) is 21.6 Å². The molecule has 2 aromatic carbocycles. The predicted octanol–water partition coefficient (Wildman–Crippen LogP) is 6.09. The van der Waals surface area contributed by atoms with E-state index in [1.807, 2.05) is 12.4 Å². The molecule has 0 bridgehead atoms. The molecule has 0 atom stereocenters. The quantitative estimate of drug-likeness (QED) is 0.323. The van der Waals surface area contributed by atoms with Crippen molar-refractivity contribution in [3.8, 4) is 16.3 Å². The number of benzene rings is 2. The van der Waals surface area contributed by atoms with Crippen molar-refractivity contribution >= 4 is 39.3 Å². The standard InChI is InChI=1S/C25H26N4OS2/c1-3-17-15-26-24(27-16-17)29-12-10-20(11-13-29)30-25-28-22-9-6-19(14-23(22)32-25)18-4-7-21(31-2)8-5-18/h4-9,14-16,20H,3,10-13H2,1-2H3. The summed E-state index contributed by atoms with van der Waals surface area (Å²) in [4.78, 5) is 17.3. The van der Waals surface area contributed by atoms with Crippen LogP contribution < -0.4 is 9.64 Å². The number of thiazole rings is 1. The van der Waals surface area contributed by atoms with Gasteiger partial charge in [-0.05, 0) is 53.6 Å². The molecule has 2 aromatic heterocycles. The second-order valence-corrected chi connectivity index (χ2v) is 9.81. The van der Waals surface area contributed by atoms with Crippen LogP contribution in [0.4, 0.5) is 5.95 Å². The van der Waals surface area contributed by atoms with Gasteiger partial charge in [-0.25, -0.2) is 15.0 Å². The molecule has 1 aliphatic rings. The van der Waals surface area contributed by atoms with E-state index in [0.717, 1.165) is 53.7 Å². The summed E-state index contributed by atoms with van der Waals surface area (Å²) in [5.41, 5.74) is 4.60. The van der Waals surface area contributed by atoms with Crippen LogP contribution in [-0.4, -0.2) is 40.4 Å². The summed E-state index contributed by atoms with van der Waals surface area (Å²) in [7, 11) is 0. The van der Waals surface area contributed by atoms with Crippen LogP contribution in [0, 0.1) is 0 Å². The lowest BCUT2D eigenvalue weighted by atomic mass is 10.1. The number of rotatable bonds is 6. The second-order valence-electron chi connectivity index (χ2n) is 7.94. The van der Waals surface area contributed by atoms with E-state index in [1.54, 1.807) is 23.1 Å². The van der Waals surface area contributed by atoms with Crippen molar-refractivity contribution in [1.82, 2.24) is 15.0 Å². The van der Waals surface area contributed by atoms with Crippen molar-refractivity contribution in [3.63, 3.8) is 0 Å².